The summed E-state index contributed by atoms with van der Waals surface area (Å²) in [6.07, 6.45) is 7.03. The Morgan fingerprint density at radius 2 is 1.78 bits per heavy atom. The van der Waals surface area contributed by atoms with Gasteiger partial charge in [0.05, 0.1) is 6.20 Å². The van der Waals surface area contributed by atoms with Crippen molar-refractivity contribution in [2.45, 2.75) is 37.8 Å². The van der Waals surface area contributed by atoms with Crippen LogP contribution >= 0.6 is 0 Å². The third kappa shape index (κ3) is 5.26. The van der Waals surface area contributed by atoms with Crippen LogP contribution < -0.4 is 16.4 Å². The summed E-state index contributed by atoms with van der Waals surface area (Å²) < 4.78 is 0. The first kappa shape index (κ1) is 21.4. The van der Waals surface area contributed by atoms with Gasteiger partial charge in [0.15, 0.2) is 0 Å². The number of hydrogen-bond donors (Lipinski definition) is 3. The van der Waals surface area contributed by atoms with Gasteiger partial charge >= 0.3 is 0 Å². The molecule has 32 heavy (non-hydrogen) atoms. The molecule has 8 nitrogen and oxygen atoms in total. The number of hydrogen-bond acceptors (Lipinski definition) is 5. The Bertz CT molecular complexity index is 1130. The Morgan fingerprint density at radius 3 is 2.50 bits per heavy atom. The molecule has 0 bridgehead atoms. The SMILES string of the molecule is NC(=O)[C@H](CC1CC1)NC(=O)[C@H](Cc1cccc2ccccc12)NC(=O)c1cnccn1. The van der Waals surface area contributed by atoms with Crippen LogP contribution in [-0.2, 0) is 16.0 Å². The summed E-state index contributed by atoms with van der Waals surface area (Å²) >= 11 is 0. The summed E-state index contributed by atoms with van der Waals surface area (Å²) in [6.45, 7) is 0. The summed E-state index contributed by atoms with van der Waals surface area (Å²) in [5.74, 6) is -1.15. The molecule has 1 heterocycles. The predicted octanol–water partition coefficient (Wildman–Crippen LogP) is 1.74. The topological polar surface area (TPSA) is 127 Å². The summed E-state index contributed by atoms with van der Waals surface area (Å²) in [4.78, 5) is 45.7. The minimum atomic E-state index is -0.920. The predicted molar refractivity (Wildman–Crippen MR) is 119 cm³/mol. The second kappa shape index (κ2) is 9.55. The van der Waals surface area contributed by atoms with Gasteiger partial charge in [-0.15, -0.1) is 0 Å². The number of benzene rings is 2. The molecular weight excluding hydrogens is 406 g/mol. The first-order chi connectivity index (χ1) is 15.5. The second-order valence-corrected chi connectivity index (χ2v) is 8.10. The third-order valence-corrected chi connectivity index (χ3v) is 5.65. The van der Waals surface area contributed by atoms with Gasteiger partial charge in [0.2, 0.25) is 11.8 Å². The van der Waals surface area contributed by atoms with E-state index < -0.39 is 29.8 Å². The smallest absolute Gasteiger partial charge is 0.272 e. The van der Waals surface area contributed by atoms with E-state index in [0.29, 0.717) is 12.3 Å². The Labute approximate surface area is 185 Å². The van der Waals surface area contributed by atoms with Crippen LogP contribution in [0.2, 0.25) is 0 Å². The zero-order chi connectivity index (χ0) is 22.5. The quantitative estimate of drug-likeness (QED) is 0.476. The highest BCUT2D eigenvalue weighted by Gasteiger charge is 2.31. The van der Waals surface area contributed by atoms with Crippen LogP contribution in [0.3, 0.4) is 0 Å². The van der Waals surface area contributed by atoms with Crippen molar-refractivity contribution < 1.29 is 14.4 Å². The lowest BCUT2D eigenvalue weighted by Gasteiger charge is -2.22. The third-order valence-electron chi connectivity index (χ3n) is 5.65. The van der Waals surface area contributed by atoms with Crippen molar-refractivity contribution in [1.82, 2.24) is 20.6 Å². The summed E-state index contributed by atoms with van der Waals surface area (Å²) in [7, 11) is 0. The number of nitrogens with one attached hydrogen (secondary N) is 2. The molecule has 2 atom stereocenters. The molecule has 8 heteroatoms. The molecular formula is C24H25N5O3. The molecule has 4 rings (SSSR count). The molecule has 1 aliphatic carbocycles. The van der Waals surface area contributed by atoms with Gasteiger partial charge in [0, 0.05) is 18.8 Å². The molecule has 0 radical (unpaired) electrons. The summed E-state index contributed by atoms with van der Waals surface area (Å²) in [5.41, 5.74) is 6.53. The largest absolute Gasteiger partial charge is 0.368 e. The standard InChI is InChI=1S/C24H25N5O3/c25-22(30)19(12-15-8-9-15)28-23(31)20(29-24(32)21-14-26-10-11-27-21)13-17-6-3-5-16-4-1-2-7-18(16)17/h1-7,10-11,14-15,19-20H,8-9,12-13H2,(H2,25,30)(H,28,31)(H,29,32)/t19-,20-/m0/s1. The highest BCUT2D eigenvalue weighted by molar-refractivity contribution is 5.97. The molecule has 1 aromatic heterocycles. The van der Waals surface area contributed by atoms with E-state index in [2.05, 4.69) is 20.6 Å². The van der Waals surface area contributed by atoms with E-state index in [9.17, 15) is 14.4 Å². The number of carbonyl (C=O) groups excluding carboxylic acids is 3. The van der Waals surface area contributed by atoms with Gasteiger partial charge in [-0.1, -0.05) is 55.3 Å². The lowest BCUT2D eigenvalue weighted by Crippen LogP contribution is -2.54. The van der Waals surface area contributed by atoms with Gasteiger partial charge in [-0.2, -0.15) is 0 Å². The van der Waals surface area contributed by atoms with Crippen LogP contribution in [0.4, 0.5) is 0 Å². The van der Waals surface area contributed by atoms with Crippen molar-refractivity contribution in [2.75, 3.05) is 0 Å². The van der Waals surface area contributed by atoms with Crippen molar-refractivity contribution in [3.05, 3.63) is 72.3 Å². The van der Waals surface area contributed by atoms with E-state index in [0.717, 1.165) is 29.2 Å². The lowest BCUT2D eigenvalue weighted by molar-refractivity contribution is -0.128. The molecule has 0 unspecified atom stereocenters. The van der Waals surface area contributed by atoms with Crippen LogP contribution in [0, 0.1) is 5.92 Å². The molecule has 1 fully saturated rings. The summed E-state index contributed by atoms with van der Waals surface area (Å²) in [5, 5.41) is 7.53. The molecule has 3 aromatic rings. The fourth-order valence-corrected chi connectivity index (χ4v) is 3.75. The lowest BCUT2D eigenvalue weighted by atomic mass is 9.98. The molecule has 164 valence electrons. The number of aromatic nitrogens is 2. The second-order valence-electron chi connectivity index (χ2n) is 8.10. The zero-order valence-electron chi connectivity index (χ0n) is 17.5. The van der Waals surface area contributed by atoms with Crippen molar-refractivity contribution in [3.8, 4) is 0 Å². The number of carbonyl (C=O) groups is 3. The minimum Gasteiger partial charge on any atom is -0.368 e. The monoisotopic (exact) mass is 431 g/mol. The van der Waals surface area contributed by atoms with Crippen LogP contribution in [0.5, 0.6) is 0 Å². The summed E-state index contributed by atoms with van der Waals surface area (Å²) in [6, 6.07) is 12.0. The number of primary amides is 1. The van der Waals surface area contributed by atoms with Crippen LogP contribution in [0.25, 0.3) is 10.8 Å². The van der Waals surface area contributed by atoms with E-state index in [1.807, 2.05) is 42.5 Å². The average Bonchev–Trinajstić information content (AvgIpc) is 3.63. The average molecular weight is 431 g/mol. The number of amides is 3. The van der Waals surface area contributed by atoms with Crippen LogP contribution in [0.15, 0.2) is 61.1 Å². The Hall–Kier alpha value is -3.81. The van der Waals surface area contributed by atoms with Gasteiger partial charge in [-0.05, 0) is 28.7 Å². The normalized spacial score (nSPS) is 15.0. The number of rotatable bonds is 9. The van der Waals surface area contributed by atoms with Crippen molar-refractivity contribution in [3.63, 3.8) is 0 Å². The van der Waals surface area contributed by atoms with Crippen molar-refractivity contribution >= 4 is 28.5 Å². The highest BCUT2D eigenvalue weighted by Crippen LogP contribution is 2.33. The molecule has 0 aliphatic heterocycles. The van der Waals surface area contributed by atoms with E-state index in [1.54, 1.807) is 0 Å². The maximum absolute atomic E-state index is 13.2. The molecule has 1 saturated carbocycles. The van der Waals surface area contributed by atoms with Crippen LogP contribution in [-0.4, -0.2) is 39.8 Å². The minimum absolute atomic E-state index is 0.104. The van der Waals surface area contributed by atoms with Crippen molar-refractivity contribution in [1.29, 1.82) is 0 Å². The maximum atomic E-state index is 13.2. The van der Waals surface area contributed by atoms with E-state index in [-0.39, 0.29) is 12.1 Å². The molecule has 0 spiro atoms. The van der Waals surface area contributed by atoms with E-state index in [1.165, 1.54) is 18.6 Å². The first-order valence-electron chi connectivity index (χ1n) is 10.6. The first-order valence-corrected chi connectivity index (χ1v) is 10.6. The molecule has 1 aliphatic rings. The number of nitrogens with two attached hydrogens (primary N) is 1. The molecule has 0 saturated heterocycles. The fraction of sp³-hybridized carbons (Fsp3) is 0.292. The van der Waals surface area contributed by atoms with Gasteiger partial charge in [0.1, 0.15) is 17.8 Å². The number of fused-ring (bicyclic) bond motifs is 1. The van der Waals surface area contributed by atoms with E-state index >= 15 is 0 Å². The van der Waals surface area contributed by atoms with Crippen LogP contribution in [0.1, 0.15) is 35.3 Å². The Kier molecular flexibility index (Phi) is 6.39. The zero-order valence-corrected chi connectivity index (χ0v) is 17.5. The van der Waals surface area contributed by atoms with Gasteiger partial charge < -0.3 is 16.4 Å². The highest BCUT2D eigenvalue weighted by atomic mass is 16.2. The Morgan fingerprint density at radius 1 is 1.00 bits per heavy atom. The van der Waals surface area contributed by atoms with Crippen molar-refractivity contribution in [2.24, 2.45) is 11.7 Å². The maximum Gasteiger partial charge on any atom is 0.272 e. The molecule has 3 amide bonds. The molecule has 4 N–H and O–H groups in total. The van der Waals surface area contributed by atoms with E-state index in [4.69, 9.17) is 5.73 Å². The number of nitrogens with zero attached hydrogens (tertiary/aromatic N) is 2. The fourth-order valence-electron chi connectivity index (χ4n) is 3.75. The van der Waals surface area contributed by atoms with Gasteiger partial charge in [-0.25, -0.2) is 4.98 Å². The Balaban J connectivity index is 1.58. The molecule has 2 aromatic carbocycles. The van der Waals surface area contributed by atoms with Gasteiger partial charge in [-0.3, -0.25) is 19.4 Å². The van der Waals surface area contributed by atoms with Gasteiger partial charge in [0.25, 0.3) is 5.91 Å².